The fraction of sp³-hybridized carbons (Fsp3) is 0.154. The second kappa shape index (κ2) is 4.33. The first-order valence-corrected chi connectivity index (χ1v) is 5.29. The van der Waals surface area contributed by atoms with E-state index < -0.39 is 0 Å². The summed E-state index contributed by atoms with van der Waals surface area (Å²) in [7, 11) is 1.64. The smallest absolute Gasteiger partial charge is 0.147 e. The largest absolute Gasteiger partial charge is 0.496 e. The van der Waals surface area contributed by atoms with E-state index in [9.17, 15) is 0 Å². The number of hydrogen-bond acceptors (Lipinski definition) is 4. The van der Waals surface area contributed by atoms with E-state index >= 15 is 0 Å². The number of hydrogen-bond donors (Lipinski definition) is 2. The van der Waals surface area contributed by atoms with Gasteiger partial charge < -0.3 is 16.2 Å². The Bertz CT molecular complexity index is 552. The monoisotopic (exact) mass is 229 g/mol. The van der Waals surface area contributed by atoms with Gasteiger partial charge in [-0.1, -0.05) is 12.1 Å². The van der Waals surface area contributed by atoms with Gasteiger partial charge in [-0.15, -0.1) is 0 Å². The molecule has 88 valence electrons. The highest BCUT2D eigenvalue weighted by Crippen LogP contribution is 2.32. The predicted molar refractivity (Wildman–Crippen MR) is 69.8 cm³/mol. The fourth-order valence-corrected chi connectivity index (χ4v) is 1.76. The van der Waals surface area contributed by atoms with Crippen LogP contribution in [0.1, 0.15) is 5.56 Å². The van der Waals surface area contributed by atoms with Crippen molar-refractivity contribution in [1.82, 2.24) is 4.98 Å². The van der Waals surface area contributed by atoms with Crippen LogP contribution < -0.4 is 16.2 Å². The number of aryl methyl sites for hydroxylation is 1. The van der Waals surface area contributed by atoms with Gasteiger partial charge in [0.1, 0.15) is 11.6 Å². The van der Waals surface area contributed by atoms with Crippen molar-refractivity contribution in [2.75, 3.05) is 18.6 Å². The molecule has 0 amide bonds. The lowest BCUT2D eigenvalue weighted by atomic mass is 10.0. The Balaban J connectivity index is 2.63. The SMILES string of the molecule is COc1cccc(C)c1-c1ccc(N)c(N)n1. The van der Waals surface area contributed by atoms with Gasteiger partial charge in [0.05, 0.1) is 18.5 Å². The third-order valence-electron chi connectivity index (χ3n) is 2.67. The molecule has 0 unspecified atom stereocenters. The van der Waals surface area contributed by atoms with Gasteiger partial charge in [-0.3, -0.25) is 0 Å². The van der Waals surface area contributed by atoms with Gasteiger partial charge in [-0.05, 0) is 30.7 Å². The average molecular weight is 229 g/mol. The van der Waals surface area contributed by atoms with Crippen LogP contribution in [0.5, 0.6) is 5.75 Å². The van der Waals surface area contributed by atoms with Crippen molar-refractivity contribution in [3.05, 3.63) is 35.9 Å². The number of pyridine rings is 1. The van der Waals surface area contributed by atoms with E-state index in [1.54, 1.807) is 13.2 Å². The van der Waals surface area contributed by atoms with Gasteiger partial charge in [0.25, 0.3) is 0 Å². The Morgan fingerprint density at radius 3 is 2.53 bits per heavy atom. The van der Waals surface area contributed by atoms with E-state index in [-0.39, 0.29) is 0 Å². The summed E-state index contributed by atoms with van der Waals surface area (Å²) in [6, 6.07) is 9.45. The van der Waals surface area contributed by atoms with Crippen LogP contribution in [0.25, 0.3) is 11.3 Å². The summed E-state index contributed by atoms with van der Waals surface area (Å²) in [5.74, 6) is 1.12. The predicted octanol–water partition coefficient (Wildman–Crippen LogP) is 2.23. The quantitative estimate of drug-likeness (QED) is 0.828. The lowest BCUT2D eigenvalue weighted by Gasteiger charge is -2.11. The van der Waals surface area contributed by atoms with Crippen molar-refractivity contribution < 1.29 is 4.74 Å². The standard InChI is InChI=1S/C13H15N3O/c1-8-4-3-5-11(17-2)12(8)10-7-6-9(14)13(15)16-10/h3-7H,14H2,1-2H3,(H2,15,16). The van der Waals surface area contributed by atoms with Crippen LogP contribution in [0.3, 0.4) is 0 Å². The van der Waals surface area contributed by atoms with E-state index in [1.807, 2.05) is 31.2 Å². The minimum atomic E-state index is 0.341. The normalized spacial score (nSPS) is 10.2. The number of nitrogen functional groups attached to an aromatic ring is 2. The molecule has 0 aliphatic heterocycles. The third kappa shape index (κ3) is 2.01. The number of anilines is 2. The highest BCUT2D eigenvalue weighted by molar-refractivity contribution is 5.74. The fourth-order valence-electron chi connectivity index (χ4n) is 1.76. The molecule has 0 bridgehead atoms. The second-order valence-corrected chi connectivity index (χ2v) is 3.82. The van der Waals surface area contributed by atoms with E-state index in [4.69, 9.17) is 16.2 Å². The molecule has 1 aromatic heterocycles. The van der Waals surface area contributed by atoms with Crippen LogP contribution in [0, 0.1) is 6.92 Å². The van der Waals surface area contributed by atoms with Crippen molar-refractivity contribution in [3.8, 4) is 17.0 Å². The molecule has 0 spiro atoms. The van der Waals surface area contributed by atoms with Gasteiger partial charge in [-0.2, -0.15) is 0 Å². The minimum absolute atomic E-state index is 0.341. The molecule has 4 N–H and O–H groups in total. The number of nitrogens with zero attached hydrogens (tertiary/aromatic N) is 1. The molecule has 17 heavy (non-hydrogen) atoms. The molecule has 1 aromatic carbocycles. The maximum atomic E-state index is 5.72. The Labute approximate surface area is 100 Å². The summed E-state index contributed by atoms with van der Waals surface area (Å²) in [4.78, 5) is 4.29. The van der Waals surface area contributed by atoms with Crippen LogP contribution in [-0.2, 0) is 0 Å². The molecule has 0 radical (unpaired) electrons. The van der Waals surface area contributed by atoms with Crippen LogP contribution in [0.2, 0.25) is 0 Å². The Morgan fingerprint density at radius 2 is 1.88 bits per heavy atom. The first kappa shape index (κ1) is 11.3. The molecular formula is C13H15N3O. The average Bonchev–Trinajstić information content (AvgIpc) is 2.32. The van der Waals surface area contributed by atoms with E-state index in [2.05, 4.69) is 4.98 Å². The number of methoxy groups -OCH3 is 1. The zero-order valence-corrected chi connectivity index (χ0v) is 9.90. The molecule has 4 heteroatoms. The first-order chi connectivity index (χ1) is 8.13. The van der Waals surface area contributed by atoms with Gasteiger partial charge >= 0.3 is 0 Å². The van der Waals surface area contributed by atoms with Crippen LogP contribution in [0.4, 0.5) is 11.5 Å². The number of aromatic nitrogens is 1. The summed E-state index contributed by atoms with van der Waals surface area (Å²) >= 11 is 0. The lowest BCUT2D eigenvalue weighted by molar-refractivity contribution is 0.416. The van der Waals surface area contributed by atoms with Crippen LogP contribution in [0.15, 0.2) is 30.3 Å². The van der Waals surface area contributed by atoms with Gasteiger partial charge in [0, 0.05) is 5.56 Å². The summed E-state index contributed by atoms with van der Waals surface area (Å²) in [5.41, 5.74) is 14.7. The Kier molecular flexibility index (Phi) is 2.87. The summed E-state index contributed by atoms with van der Waals surface area (Å²) in [5, 5.41) is 0. The molecule has 0 saturated carbocycles. The molecular weight excluding hydrogens is 214 g/mol. The summed E-state index contributed by atoms with van der Waals surface area (Å²) in [6.45, 7) is 2.01. The maximum Gasteiger partial charge on any atom is 0.147 e. The van der Waals surface area contributed by atoms with Crippen molar-refractivity contribution in [3.63, 3.8) is 0 Å². The van der Waals surface area contributed by atoms with Crippen molar-refractivity contribution in [1.29, 1.82) is 0 Å². The molecule has 0 saturated heterocycles. The minimum Gasteiger partial charge on any atom is -0.496 e. The molecule has 2 aromatic rings. The number of rotatable bonds is 2. The van der Waals surface area contributed by atoms with Crippen molar-refractivity contribution in [2.24, 2.45) is 0 Å². The van der Waals surface area contributed by atoms with Crippen LogP contribution in [-0.4, -0.2) is 12.1 Å². The maximum absolute atomic E-state index is 5.72. The number of nitrogens with two attached hydrogens (primary N) is 2. The van der Waals surface area contributed by atoms with Crippen molar-refractivity contribution in [2.45, 2.75) is 6.92 Å². The van der Waals surface area contributed by atoms with Gasteiger partial charge in [0.15, 0.2) is 0 Å². The second-order valence-electron chi connectivity index (χ2n) is 3.82. The zero-order valence-electron chi connectivity index (χ0n) is 9.90. The number of ether oxygens (including phenoxy) is 1. The first-order valence-electron chi connectivity index (χ1n) is 5.29. The highest BCUT2D eigenvalue weighted by atomic mass is 16.5. The van der Waals surface area contributed by atoms with Gasteiger partial charge in [0.2, 0.25) is 0 Å². The molecule has 2 rings (SSSR count). The molecule has 0 fully saturated rings. The van der Waals surface area contributed by atoms with E-state index in [0.717, 1.165) is 22.6 Å². The highest BCUT2D eigenvalue weighted by Gasteiger charge is 2.10. The molecule has 0 atom stereocenters. The summed E-state index contributed by atoms with van der Waals surface area (Å²) in [6.07, 6.45) is 0. The Morgan fingerprint density at radius 1 is 1.12 bits per heavy atom. The Hall–Kier alpha value is -2.23. The van der Waals surface area contributed by atoms with E-state index in [0.29, 0.717) is 11.5 Å². The molecule has 4 nitrogen and oxygen atoms in total. The van der Waals surface area contributed by atoms with E-state index in [1.165, 1.54) is 0 Å². The summed E-state index contributed by atoms with van der Waals surface area (Å²) < 4.78 is 5.34. The lowest BCUT2D eigenvalue weighted by Crippen LogP contribution is -2.00. The van der Waals surface area contributed by atoms with Crippen LogP contribution >= 0.6 is 0 Å². The van der Waals surface area contributed by atoms with Gasteiger partial charge in [-0.25, -0.2) is 4.98 Å². The van der Waals surface area contributed by atoms with Crippen molar-refractivity contribution >= 4 is 11.5 Å². The number of benzene rings is 1. The topological polar surface area (TPSA) is 74.2 Å². The zero-order chi connectivity index (χ0) is 12.4. The molecule has 1 heterocycles. The molecule has 0 aliphatic carbocycles. The molecule has 0 aliphatic rings. The third-order valence-corrected chi connectivity index (χ3v) is 2.67.